The van der Waals surface area contributed by atoms with Gasteiger partial charge in [-0.1, -0.05) is 6.92 Å². The van der Waals surface area contributed by atoms with Crippen molar-refractivity contribution in [3.05, 3.63) is 0 Å². The molecule has 0 aliphatic carbocycles. The molecule has 1 saturated heterocycles. The van der Waals surface area contributed by atoms with Gasteiger partial charge in [-0.2, -0.15) is 0 Å². The fourth-order valence-corrected chi connectivity index (χ4v) is 1.93. The van der Waals surface area contributed by atoms with Crippen LogP contribution in [-0.4, -0.2) is 41.5 Å². The van der Waals surface area contributed by atoms with Crippen molar-refractivity contribution in [1.82, 2.24) is 4.90 Å². The topological polar surface area (TPSA) is 40.5 Å². The molecule has 14 heavy (non-hydrogen) atoms. The minimum atomic E-state index is -2.73. The Kier molecular flexibility index (Phi) is 3.42. The van der Waals surface area contributed by atoms with Crippen LogP contribution in [0.4, 0.5) is 8.78 Å². The third kappa shape index (κ3) is 3.21. The molecule has 5 heteroatoms. The van der Waals surface area contributed by atoms with Gasteiger partial charge in [0.2, 0.25) is 0 Å². The van der Waals surface area contributed by atoms with Crippen molar-refractivity contribution in [3.63, 3.8) is 0 Å². The average Bonchev–Trinajstić information content (AvgIpc) is 1.99. The molecule has 3 nitrogen and oxygen atoms in total. The maximum absolute atomic E-state index is 13.1. The van der Waals surface area contributed by atoms with Gasteiger partial charge < -0.3 is 5.11 Å². The summed E-state index contributed by atoms with van der Waals surface area (Å²) in [5.41, 5.74) is 0. The molecule has 0 bridgehead atoms. The van der Waals surface area contributed by atoms with Crippen LogP contribution in [-0.2, 0) is 4.79 Å². The molecule has 1 atom stereocenters. The molecule has 1 heterocycles. The Labute approximate surface area is 81.7 Å². The van der Waals surface area contributed by atoms with Gasteiger partial charge in [-0.25, -0.2) is 8.78 Å². The van der Waals surface area contributed by atoms with E-state index in [0.29, 0.717) is 13.1 Å². The zero-order valence-corrected chi connectivity index (χ0v) is 8.17. The van der Waals surface area contributed by atoms with Crippen molar-refractivity contribution >= 4 is 5.97 Å². The lowest BCUT2D eigenvalue weighted by Crippen LogP contribution is -2.47. The zero-order chi connectivity index (χ0) is 10.8. The minimum Gasteiger partial charge on any atom is -0.481 e. The lowest BCUT2D eigenvalue weighted by molar-refractivity contribution is -0.141. The molecule has 1 aliphatic heterocycles. The Morgan fingerprint density at radius 2 is 2.29 bits per heavy atom. The molecule has 1 rings (SSSR count). The fourth-order valence-electron chi connectivity index (χ4n) is 1.93. The molecule has 0 amide bonds. The highest BCUT2D eigenvalue weighted by Crippen LogP contribution is 2.31. The maximum atomic E-state index is 13.1. The molecule has 1 fully saturated rings. The van der Waals surface area contributed by atoms with Gasteiger partial charge in [0.05, 0.1) is 6.54 Å². The third-order valence-corrected chi connectivity index (χ3v) is 2.47. The second kappa shape index (κ2) is 4.21. The molecule has 0 saturated carbocycles. The van der Waals surface area contributed by atoms with Gasteiger partial charge >= 0.3 is 5.97 Å². The van der Waals surface area contributed by atoms with E-state index in [4.69, 9.17) is 5.11 Å². The summed E-state index contributed by atoms with van der Waals surface area (Å²) in [7, 11) is 0. The van der Waals surface area contributed by atoms with Crippen molar-refractivity contribution in [2.24, 2.45) is 5.92 Å². The lowest BCUT2D eigenvalue weighted by Gasteiger charge is -2.36. The Balaban J connectivity index is 2.56. The largest absolute Gasteiger partial charge is 0.481 e. The number of carboxylic acids is 1. The Bertz CT molecular complexity index is 221. The van der Waals surface area contributed by atoms with E-state index in [0.717, 1.165) is 0 Å². The number of rotatable bonds is 3. The van der Waals surface area contributed by atoms with E-state index in [-0.39, 0.29) is 19.4 Å². The molecular formula is C9H15F2NO2. The van der Waals surface area contributed by atoms with Gasteiger partial charge in [-0.15, -0.1) is 0 Å². The average molecular weight is 207 g/mol. The summed E-state index contributed by atoms with van der Waals surface area (Å²) in [4.78, 5) is 12.0. The van der Waals surface area contributed by atoms with Crippen molar-refractivity contribution < 1.29 is 18.7 Å². The van der Waals surface area contributed by atoms with Gasteiger partial charge in [0.15, 0.2) is 0 Å². The molecule has 0 aromatic rings. The standard InChI is InChI=1S/C9H15F2NO2/c1-2-12-5-7(3-8(13)14)4-9(10,11)6-12/h7H,2-6H2,1H3,(H,13,14)/t7-/m0/s1. The normalized spacial score (nSPS) is 27.5. The summed E-state index contributed by atoms with van der Waals surface area (Å²) >= 11 is 0. The van der Waals surface area contributed by atoms with E-state index in [1.54, 1.807) is 11.8 Å². The van der Waals surface area contributed by atoms with Crippen LogP contribution in [0.1, 0.15) is 19.8 Å². The first-order valence-electron chi connectivity index (χ1n) is 4.75. The number of hydrogen-bond donors (Lipinski definition) is 1. The van der Waals surface area contributed by atoms with Crippen molar-refractivity contribution in [3.8, 4) is 0 Å². The van der Waals surface area contributed by atoms with Crippen LogP contribution >= 0.6 is 0 Å². The second-order valence-electron chi connectivity index (χ2n) is 3.85. The number of nitrogens with zero attached hydrogens (tertiary/aromatic N) is 1. The number of piperidine rings is 1. The van der Waals surface area contributed by atoms with E-state index in [1.807, 2.05) is 0 Å². The molecule has 0 aromatic heterocycles. The summed E-state index contributed by atoms with van der Waals surface area (Å²) in [5.74, 6) is -4.14. The Morgan fingerprint density at radius 3 is 2.79 bits per heavy atom. The van der Waals surface area contributed by atoms with Crippen molar-refractivity contribution in [1.29, 1.82) is 0 Å². The number of carboxylic acid groups (broad SMARTS) is 1. The molecule has 82 valence electrons. The van der Waals surface area contributed by atoms with Crippen LogP contribution in [0.25, 0.3) is 0 Å². The molecule has 0 radical (unpaired) electrons. The van der Waals surface area contributed by atoms with Crippen LogP contribution in [0.5, 0.6) is 0 Å². The number of aliphatic carboxylic acids is 1. The summed E-state index contributed by atoms with van der Waals surface area (Å²) in [6.45, 7) is 2.59. The van der Waals surface area contributed by atoms with E-state index in [9.17, 15) is 13.6 Å². The smallest absolute Gasteiger partial charge is 0.303 e. The highest BCUT2D eigenvalue weighted by molar-refractivity contribution is 5.67. The predicted molar refractivity (Wildman–Crippen MR) is 47.4 cm³/mol. The van der Waals surface area contributed by atoms with Gasteiger partial charge in [-0.3, -0.25) is 9.69 Å². The van der Waals surface area contributed by atoms with Crippen LogP contribution in [0.15, 0.2) is 0 Å². The van der Waals surface area contributed by atoms with E-state index in [2.05, 4.69) is 0 Å². The third-order valence-electron chi connectivity index (χ3n) is 2.47. The van der Waals surface area contributed by atoms with Crippen LogP contribution in [0, 0.1) is 5.92 Å². The SMILES string of the molecule is CCN1C[C@@H](CC(=O)O)CC(F)(F)C1. The first-order chi connectivity index (χ1) is 6.43. The van der Waals surface area contributed by atoms with E-state index in [1.165, 1.54) is 0 Å². The summed E-state index contributed by atoms with van der Waals surface area (Å²) in [6, 6.07) is 0. The molecule has 1 N–H and O–H groups in total. The number of alkyl halides is 2. The first kappa shape index (κ1) is 11.4. The number of carbonyl (C=O) groups is 1. The van der Waals surface area contributed by atoms with Gasteiger partial charge in [-0.05, 0) is 12.5 Å². The number of halogens is 2. The number of hydrogen-bond acceptors (Lipinski definition) is 2. The van der Waals surface area contributed by atoms with E-state index >= 15 is 0 Å². The van der Waals surface area contributed by atoms with Crippen LogP contribution in [0.3, 0.4) is 0 Å². The summed E-state index contributed by atoms with van der Waals surface area (Å²) in [6.07, 6.45) is -0.456. The maximum Gasteiger partial charge on any atom is 0.303 e. The van der Waals surface area contributed by atoms with Crippen molar-refractivity contribution in [2.75, 3.05) is 19.6 Å². The van der Waals surface area contributed by atoms with Gasteiger partial charge in [0.1, 0.15) is 0 Å². The van der Waals surface area contributed by atoms with Crippen molar-refractivity contribution in [2.45, 2.75) is 25.7 Å². The molecule has 0 spiro atoms. The van der Waals surface area contributed by atoms with Gasteiger partial charge in [0.25, 0.3) is 5.92 Å². The van der Waals surface area contributed by atoms with Gasteiger partial charge in [0, 0.05) is 19.4 Å². The lowest BCUT2D eigenvalue weighted by atomic mass is 9.92. The van der Waals surface area contributed by atoms with Crippen LogP contribution in [0.2, 0.25) is 0 Å². The minimum absolute atomic E-state index is 0.161. The molecule has 0 aromatic carbocycles. The fraction of sp³-hybridized carbons (Fsp3) is 0.889. The molecular weight excluding hydrogens is 192 g/mol. The summed E-state index contributed by atoms with van der Waals surface area (Å²) < 4.78 is 26.2. The monoisotopic (exact) mass is 207 g/mol. The van der Waals surface area contributed by atoms with Crippen LogP contribution < -0.4 is 0 Å². The quantitative estimate of drug-likeness (QED) is 0.761. The Hall–Kier alpha value is -0.710. The molecule has 0 unspecified atom stereocenters. The predicted octanol–water partition coefficient (Wildman–Crippen LogP) is 1.44. The highest BCUT2D eigenvalue weighted by Gasteiger charge is 2.40. The molecule has 1 aliphatic rings. The highest BCUT2D eigenvalue weighted by atomic mass is 19.3. The zero-order valence-electron chi connectivity index (χ0n) is 8.17. The second-order valence-corrected chi connectivity index (χ2v) is 3.85. The van der Waals surface area contributed by atoms with E-state index < -0.39 is 17.8 Å². The number of likely N-dealkylation sites (tertiary alicyclic amines) is 1. The Morgan fingerprint density at radius 1 is 1.64 bits per heavy atom. The first-order valence-corrected chi connectivity index (χ1v) is 4.75. The summed E-state index contributed by atoms with van der Waals surface area (Å²) in [5, 5.41) is 8.53.